The first-order valence-electron chi connectivity index (χ1n) is 3.37. The van der Waals surface area contributed by atoms with Crippen molar-refractivity contribution < 1.29 is 10.2 Å². The third-order valence-electron chi connectivity index (χ3n) is 0.931. The molecular formula is C8H10Cl2O2. The summed E-state index contributed by atoms with van der Waals surface area (Å²) < 4.78 is 0. The Hall–Kier alpha value is -0.440. The van der Waals surface area contributed by atoms with Gasteiger partial charge in [0.2, 0.25) is 0 Å². The number of halogens is 2. The SMILES string of the molecule is CCO.Oc1cccc(Cl)c1Cl. The van der Waals surface area contributed by atoms with Gasteiger partial charge in [0.15, 0.2) is 0 Å². The van der Waals surface area contributed by atoms with Crippen molar-refractivity contribution >= 4 is 23.2 Å². The van der Waals surface area contributed by atoms with Crippen LogP contribution in [-0.4, -0.2) is 16.8 Å². The number of aliphatic hydroxyl groups is 1. The maximum atomic E-state index is 8.88. The van der Waals surface area contributed by atoms with Crippen molar-refractivity contribution in [2.75, 3.05) is 6.61 Å². The molecule has 1 rings (SSSR count). The van der Waals surface area contributed by atoms with Crippen LogP contribution in [0.5, 0.6) is 5.75 Å². The molecule has 2 nitrogen and oxygen atoms in total. The largest absolute Gasteiger partial charge is 0.506 e. The highest BCUT2D eigenvalue weighted by Crippen LogP contribution is 2.29. The Balaban J connectivity index is 0.000000354. The highest BCUT2D eigenvalue weighted by Gasteiger charge is 1.99. The van der Waals surface area contributed by atoms with Gasteiger partial charge in [0.05, 0.1) is 5.02 Å². The standard InChI is InChI=1S/C6H4Cl2O.C2H6O/c7-4-2-1-3-5(9)6(4)8;1-2-3/h1-3,9H;3H,2H2,1H3. The molecule has 0 heterocycles. The van der Waals surface area contributed by atoms with E-state index >= 15 is 0 Å². The minimum atomic E-state index is 0.0177. The van der Waals surface area contributed by atoms with E-state index in [4.69, 9.17) is 33.4 Å². The summed E-state index contributed by atoms with van der Waals surface area (Å²) in [6.07, 6.45) is 0. The van der Waals surface area contributed by atoms with E-state index < -0.39 is 0 Å². The molecule has 0 aromatic heterocycles. The number of hydrogen-bond acceptors (Lipinski definition) is 2. The van der Waals surface area contributed by atoms with Crippen LogP contribution in [0.3, 0.4) is 0 Å². The van der Waals surface area contributed by atoms with Crippen LogP contribution in [0.15, 0.2) is 18.2 Å². The van der Waals surface area contributed by atoms with Gasteiger partial charge in [0.1, 0.15) is 10.8 Å². The van der Waals surface area contributed by atoms with Crippen molar-refractivity contribution in [3.63, 3.8) is 0 Å². The van der Waals surface area contributed by atoms with Crippen molar-refractivity contribution in [1.82, 2.24) is 0 Å². The molecular weight excluding hydrogens is 199 g/mol. The molecule has 0 spiro atoms. The minimum Gasteiger partial charge on any atom is -0.506 e. The number of benzene rings is 1. The van der Waals surface area contributed by atoms with Crippen molar-refractivity contribution in [2.45, 2.75) is 6.92 Å². The van der Waals surface area contributed by atoms with E-state index in [2.05, 4.69) is 0 Å². The summed E-state index contributed by atoms with van der Waals surface area (Å²) in [4.78, 5) is 0. The zero-order chi connectivity index (χ0) is 9.56. The van der Waals surface area contributed by atoms with Gasteiger partial charge in [-0.25, -0.2) is 0 Å². The Morgan fingerprint density at radius 1 is 1.33 bits per heavy atom. The second-order valence-electron chi connectivity index (χ2n) is 1.89. The van der Waals surface area contributed by atoms with E-state index in [1.54, 1.807) is 19.1 Å². The number of phenols is 1. The molecule has 0 bridgehead atoms. The quantitative estimate of drug-likeness (QED) is 0.689. The molecule has 4 heteroatoms. The summed E-state index contributed by atoms with van der Waals surface area (Å²) in [7, 11) is 0. The van der Waals surface area contributed by atoms with Crippen molar-refractivity contribution in [1.29, 1.82) is 0 Å². The molecule has 0 saturated carbocycles. The Morgan fingerprint density at radius 3 is 2.17 bits per heavy atom. The second-order valence-corrected chi connectivity index (χ2v) is 2.67. The molecule has 0 atom stereocenters. The van der Waals surface area contributed by atoms with Crippen LogP contribution in [0.25, 0.3) is 0 Å². The van der Waals surface area contributed by atoms with Crippen molar-refractivity contribution in [3.8, 4) is 5.75 Å². The lowest BCUT2D eigenvalue weighted by atomic mass is 10.3. The van der Waals surface area contributed by atoms with Crippen LogP contribution in [0, 0.1) is 0 Å². The van der Waals surface area contributed by atoms with E-state index in [0.29, 0.717) is 5.02 Å². The van der Waals surface area contributed by atoms with E-state index in [9.17, 15) is 0 Å². The molecule has 12 heavy (non-hydrogen) atoms. The molecule has 0 saturated heterocycles. The highest BCUT2D eigenvalue weighted by atomic mass is 35.5. The number of aromatic hydroxyl groups is 1. The first-order valence-corrected chi connectivity index (χ1v) is 4.12. The minimum absolute atomic E-state index is 0.0177. The summed E-state index contributed by atoms with van der Waals surface area (Å²) in [6, 6.07) is 4.72. The maximum Gasteiger partial charge on any atom is 0.135 e. The Bertz CT molecular complexity index is 218. The predicted octanol–water partition coefficient (Wildman–Crippen LogP) is 2.70. The number of phenolic OH excluding ortho intramolecular Hbond substituents is 1. The average molecular weight is 209 g/mol. The van der Waals surface area contributed by atoms with Gasteiger partial charge in [-0.05, 0) is 19.1 Å². The van der Waals surface area contributed by atoms with Crippen molar-refractivity contribution in [2.24, 2.45) is 0 Å². The summed E-state index contributed by atoms with van der Waals surface area (Å²) in [5.74, 6) is 0.0177. The lowest BCUT2D eigenvalue weighted by Gasteiger charge is -1.95. The normalized spacial score (nSPS) is 8.67. The monoisotopic (exact) mass is 208 g/mol. The molecule has 2 N–H and O–H groups in total. The van der Waals surface area contributed by atoms with Gasteiger partial charge in [-0.3, -0.25) is 0 Å². The van der Waals surface area contributed by atoms with Crippen LogP contribution in [0.1, 0.15) is 6.92 Å². The van der Waals surface area contributed by atoms with Crippen LogP contribution in [0.2, 0.25) is 10.0 Å². The summed E-state index contributed by atoms with van der Waals surface area (Å²) in [5, 5.41) is 17.0. The van der Waals surface area contributed by atoms with Crippen LogP contribution < -0.4 is 0 Å². The molecule has 0 radical (unpaired) electrons. The molecule has 68 valence electrons. The highest BCUT2D eigenvalue weighted by molar-refractivity contribution is 6.42. The third-order valence-corrected chi connectivity index (χ3v) is 1.74. The van der Waals surface area contributed by atoms with Crippen LogP contribution >= 0.6 is 23.2 Å². The maximum absolute atomic E-state index is 8.88. The fourth-order valence-corrected chi connectivity index (χ4v) is 0.788. The van der Waals surface area contributed by atoms with Gasteiger partial charge in [-0.15, -0.1) is 0 Å². The van der Waals surface area contributed by atoms with Crippen LogP contribution in [0.4, 0.5) is 0 Å². The summed E-state index contributed by atoms with van der Waals surface area (Å²) >= 11 is 11.0. The molecule has 1 aromatic carbocycles. The van der Waals surface area contributed by atoms with E-state index in [-0.39, 0.29) is 17.4 Å². The van der Waals surface area contributed by atoms with Crippen molar-refractivity contribution in [3.05, 3.63) is 28.2 Å². The molecule has 0 amide bonds. The Morgan fingerprint density at radius 2 is 1.83 bits per heavy atom. The summed E-state index contributed by atoms with van der Waals surface area (Å²) in [5.41, 5.74) is 0. The van der Waals surface area contributed by atoms with Gasteiger partial charge in [0, 0.05) is 6.61 Å². The molecule has 0 aliphatic heterocycles. The first kappa shape index (κ1) is 11.6. The smallest absolute Gasteiger partial charge is 0.135 e. The van der Waals surface area contributed by atoms with Gasteiger partial charge >= 0.3 is 0 Å². The average Bonchev–Trinajstić information content (AvgIpc) is 2.02. The summed E-state index contributed by atoms with van der Waals surface area (Å²) in [6.45, 7) is 1.93. The first-order chi connectivity index (χ1) is 5.63. The zero-order valence-corrected chi connectivity index (χ0v) is 8.10. The van der Waals surface area contributed by atoms with Gasteiger partial charge < -0.3 is 10.2 Å². The fraction of sp³-hybridized carbons (Fsp3) is 0.250. The lowest BCUT2D eigenvalue weighted by molar-refractivity contribution is 0.318. The Kier molecular flexibility index (Phi) is 5.89. The number of hydrogen-bond donors (Lipinski definition) is 2. The molecule has 0 fully saturated rings. The van der Waals surface area contributed by atoms with Gasteiger partial charge in [-0.2, -0.15) is 0 Å². The zero-order valence-electron chi connectivity index (χ0n) is 6.59. The van der Waals surface area contributed by atoms with Gasteiger partial charge in [-0.1, -0.05) is 29.3 Å². The number of aliphatic hydroxyl groups excluding tert-OH is 1. The van der Waals surface area contributed by atoms with Crippen LogP contribution in [-0.2, 0) is 0 Å². The predicted molar refractivity (Wildman–Crippen MR) is 50.9 cm³/mol. The number of rotatable bonds is 0. The van der Waals surface area contributed by atoms with E-state index in [1.807, 2.05) is 0 Å². The molecule has 0 unspecified atom stereocenters. The Labute approximate surface area is 81.4 Å². The fourth-order valence-electron chi connectivity index (χ4n) is 0.492. The van der Waals surface area contributed by atoms with Gasteiger partial charge in [0.25, 0.3) is 0 Å². The lowest BCUT2D eigenvalue weighted by Crippen LogP contribution is -1.67. The topological polar surface area (TPSA) is 40.5 Å². The molecule has 0 aliphatic carbocycles. The molecule has 1 aromatic rings. The van der Waals surface area contributed by atoms with E-state index in [0.717, 1.165) is 0 Å². The molecule has 0 aliphatic rings. The second kappa shape index (κ2) is 6.12. The third kappa shape index (κ3) is 3.81. The van der Waals surface area contributed by atoms with E-state index in [1.165, 1.54) is 6.07 Å².